The van der Waals surface area contributed by atoms with Crippen LogP contribution in [0.25, 0.3) is 0 Å². The number of rotatable bonds is 8. The molecule has 0 bridgehead atoms. The minimum atomic E-state index is -0.367. The second-order valence-corrected chi connectivity index (χ2v) is 8.28. The fourth-order valence-electron chi connectivity index (χ4n) is 4.09. The Bertz CT molecular complexity index is 1190. The molecule has 0 saturated carbocycles. The highest BCUT2D eigenvalue weighted by Gasteiger charge is 2.27. The largest absolute Gasteiger partial charge is 0.496 e. The van der Waals surface area contributed by atoms with E-state index in [2.05, 4.69) is 5.32 Å². The Morgan fingerprint density at radius 2 is 1.43 bits per heavy atom. The van der Waals surface area contributed by atoms with E-state index in [1.54, 1.807) is 66.6 Å². The van der Waals surface area contributed by atoms with Crippen LogP contribution in [-0.4, -0.2) is 55.3 Å². The Labute approximate surface area is 204 Å². The van der Waals surface area contributed by atoms with Crippen LogP contribution < -0.4 is 14.8 Å². The number of ether oxygens (including phenoxy) is 2. The van der Waals surface area contributed by atoms with Crippen LogP contribution in [0.15, 0.2) is 78.9 Å². The molecule has 7 nitrogen and oxygen atoms in total. The molecule has 0 atom stereocenters. The van der Waals surface area contributed by atoms with Gasteiger partial charge in [0.15, 0.2) is 5.78 Å². The van der Waals surface area contributed by atoms with Crippen LogP contribution in [0.2, 0.25) is 0 Å². The Hall–Kier alpha value is -4.13. The van der Waals surface area contributed by atoms with Crippen molar-refractivity contribution < 1.29 is 23.9 Å². The maximum Gasteiger partial charge on any atom is 0.257 e. The second-order valence-electron chi connectivity index (χ2n) is 8.28. The number of nitrogens with zero attached hydrogens (tertiary/aromatic N) is 1. The lowest BCUT2D eigenvalue weighted by atomic mass is 10.1. The molecule has 35 heavy (non-hydrogen) atoms. The number of para-hydroxylation sites is 2. The van der Waals surface area contributed by atoms with E-state index in [9.17, 15) is 14.4 Å². The third kappa shape index (κ3) is 5.87. The number of ketones is 1. The summed E-state index contributed by atoms with van der Waals surface area (Å²) in [7, 11) is 1.55. The molecular formula is C28H28N2O5. The lowest BCUT2D eigenvalue weighted by Gasteiger charge is -2.32. The normalized spacial score (nSPS) is 13.7. The number of hydrogen-bond acceptors (Lipinski definition) is 5. The number of amides is 2. The van der Waals surface area contributed by atoms with E-state index >= 15 is 0 Å². The van der Waals surface area contributed by atoms with Gasteiger partial charge in [0.1, 0.15) is 17.6 Å². The van der Waals surface area contributed by atoms with Gasteiger partial charge in [-0.1, -0.05) is 54.6 Å². The minimum absolute atomic E-state index is 0.0660. The fraction of sp³-hybridized carbons (Fsp3) is 0.250. The predicted octanol–water partition coefficient (Wildman–Crippen LogP) is 3.99. The molecule has 1 aliphatic heterocycles. The molecule has 1 saturated heterocycles. The zero-order valence-corrected chi connectivity index (χ0v) is 19.6. The van der Waals surface area contributed by atoms with Crippen LogP contribution in [-0.2, 0) is 0 Å². The van der Waals surface area contributed by atoms with E-state index < -0.39 is 0 Å². The monoisotopic (exact) mass is 472 g/mol. The lowest BCUT2D eigenvalue weighted by Crippen LogP contribution is -2.42. The van der Waals surface area contributed by atoms with Crippen LogP contribution in [0.5, 0.6) is 11.5 Å². The highest BCUT2D eigenvalue weighted by atomic mass is 16.5. The average Bonchev–Trinajstić information content (AvgIpc) is 2.92. The van der Waals surface area contributed by atoms with Crippen molar-refractivity contribution in [3.8, 4) is 11.5 Å². The molecule has 3 aromatic rings. The van der Waals surface area contributed by atoms with E-state index in [-0.39, 0.29) is 30.2 Å². The summed E-state index contributed by atoms with van der Waals surface area (Å²) >= 11 is 0. The SMILES string of the molecule is COc1ccccc1C(=O)N1CCC(Oc2ccccc2C(=O)NCC(=O)c2ccccc2)CC1. The standard InChI is InChI=1S/C28H28N2O5/c1-34-25-13-7-6-12-23(25)28(33)30-17-15-21(16-18-30)35-26-14-8-5-11-22(26)27(32)29-19-24(31)20-9-3-2-4-10-20/h2-14,21H,15-19H2,1H3,(H,29,32). The van der Waals surface area contributed by atoms with Gasteiger partial charge in [-0.3, -0.25) is 14.4 Å². The number of hydrogen-bond donors (Lipinski definition) is 1. The van der Waals surface area contributed by atoms with Crippen LogP contribution >= 0.6 is 0 Å². The summed E-state index contributed by atoms with van der Waals surface area (Å²) < 4.78 is 11.5. The Kier molecular flexibility index (Phi) is 7.77. The Morgan fingerprint density at radius 3 is 2.11 bits per heavy atom. The van der Waals surface area contributed by atoms with E-state index in [1.807, 2.05) is 24.3 Å². The van der Waals surface area contributed by atoms with Gasteiger partial charge in [0.25, 0.3) is 11.8 Å². The first-order chi connectivity index (χ1) is 17.1. The number of methoxy groups -OCH3 is 1. The molecule has 4 rings (SSSR count). The highest BCUT2D eigenvalue weighted by Crippen LogP contribution is 2.25. The van der Waals surface area contributed by atoms with Crippen molar-refractivity contribution in [3.05, 3.63) is 95.6 Å². The predicted molar refractivity (Wildman–Crippen MR) is 132 cm³/mol. The molecule has 0 aromatic heterocycles. The van der Waals surface area contributed by atoms with Crippen LogP contribution in [0, 0.1) is 0 Å². The van der Waals surface area contributed by atoms with Crippen LogP contribution in [0.3, 0.4) is 0 Å². The van der Waals surface area contributed by atoms with Crippen molar-refractivity contribution in [2.75, 3.05) is 26.7 Å². The van der Waals surface area contributed by atoms with E-state index in [1.165, 1.54) is 0 Å². The van der Waals surface area contributed by atoms with Gasteiger partial charge in [-0.2, -0.15) is 0 Å². The maximum absolute atomic E-state index is 12.9. The molecule has 0 spiro atoms. The minimum Gasteiger partial charge on any atom is -0.496 e. The van der Waals surface area contributed by atoms with Crippen molar-refractivity contribution in [3.63, 3.8) is 0 Å². The summed E-state index contributed by atoms with van der Waals surface area (Å²) in [6.07, 6.45) is 1.16. The van der Waals surface area contributed by atoms with Crippen LogP contribution in [0.4, 0.5) is 0 Å². The van der Waals surface area contributed by atoms with Crippen molar-refractivity contribution >= 4 is 17.6 Å². The highest BCUT2D eigenvalue weighted by molar-refractivity contribution is 6.03. The zero-order valence-electron chi connectivity index (χ0n) is 19.6. The summed E-state index contributed by atoms with van der Waals surface area (Å²) in [6.45, 7) is 0.990. The third-order valence-electron chi connectivity index (χ3n) is 6.00. The Morgan fingerprint density at radius 1 is 0.829 bits per heavy atom. The van der Waals surface area contributed by atoms with Gasteiger partial charge in [-0.15, -0.1) is 0 Å². The van der Waals surface area contributed by atoms with Crippen molar-refractivity contribution in [1.29, 1.82) is 0 Å². The summed E-state index contributed by atoms with van der Waals surface area (Å²) in [5, 5.41) is 2.69. The molecule has 1 aliphatic rings. The third-order valence-corrected chi connectivity index (χ3v) is 6.00. The molecule has 1 fully saturated rings. The first-order valence-corrected chi connectivity index (χ1v) is 11.6. The van der Waals surface area contributed by atoms with E-state index in [4.69, 9.17) is 9.47 Å². The molecule has 7 heteroatoms. The van der Waals surface area contributed by atoms with Crippen molar-refractivity contribution in [2.24, 2.45) is 0 Å². The van der Waals surface area contributed by atoms with Gasteiger partial charge >= 0.3 is 0 Å². The molecular weight excluding hydrogens is 444 g/mol. The summed E-state index contributed by atoms with van der Waals surface area (Å²) in [6, 6.07) is 23.0. The molecule has 180 valence electrons. The topological polar surface area (TPSA) is 84.9 Å². The van der Waals surface area contributed by atoms with Gasteiger partial charge in [0.05, 0.1) is 24.8 Å². The van der Waals surface area contributed by atoms with E-state index in [0.717, 1.165) is 0 Å². The molecule has 2 amide bonds. The number of Topliss-reactive ketones (excluding diaryl/α,β-unsaturated/α-hetero) is 1. The molecule has 0 unspecified atom stereocenters. The smallest absolute Gasteiger partial charge is 0.257 e. The number of carbonyl (C=O) groups is 3. The Balaban J connectivity index is 1.34. The number of carbonyl (C=O) groups excluding carboxylic acids is 3. The summed E-state index contributed by atoms with van der Waals surface area (Å²) in [5.74, 6) is 0.426. The van der Waals surface area contributed by atoms with Crippen LogP contribution in [0.1, 0.15) is 43.9 Å². The van der Waals surface area contributed by atoms with Gasteiger partial charge in [-0.05, 0) is 24.3 Å². The first kappa shape index (κ1) is 24.0. The van der Waals surface area contributed by atoms with Gasteiger partial charge < -0.3 is 19.7 Å². The first-order valence-electron chi connectivity index (χ1n) is 11.6. The van der Waals surface area contributed by atoms with Crippen molar-refractivity contribution in [1.82, 2.24) is 10.2 Å². The summed E-state index contributed by atoms with van der Waals surface area (Å²) in [5.41, 5.74) is 1.47. The average molecular weight is 473 g/mol. The molecule has 1 N–H and O–H groups in total. The molecule has 1 heterocycles. The number of benzene rings is 3. The number of likely N-dealkylation sites (tertiary alicyclic amines) is 1. The van der Waals surface area contributed by atoms with Crippen molar-refractivity contribution in [2.45, 2.75) is 18.9 Å². The zero-order chi connectivity index (χ0) is 24.6. The molecule has 3 aromatic carbocycles. The van der Waals surface area contributed by atoms with E-state index in [0.29, 0.717) is 54.1 Å². The maximum atomic E-state index is 12.9. The van der Waals surface area contributed by atoms with Gasteiger partial charge in [-0.25, -0.2) is 0 Å². The summed E-state index contributed by atoms with van der Waals surface area (Å²) in [4.78, 5) is 39.9. The number of nitrogens with one attached hydrogen (secondary N) is 1. The lowest BCUT2D eigenvalue weighted by molar-refractivity contribution is 0.0590. The fourth-order valence-corrected chi connectivity index (χ4v) is 4.09. The van der Waals surface area contributed by atoms with Gasteiger partial charge in [0.2, 0.25) is 0 Å². The molecule has 0 aliphatic carbocycles. The number of piperidine rings is 1. The molecule has 0 radical (unpaired) electrons. The van der Waals surface area contributed by atoms with Gasteiger partial charge in [0, 0.05) is 31.5 Å². The quantitative estimate of drug-likeness (QED) is 0.501. The second kappa shape index (κ2) is 11.3.